The van der Waals surface area contributed by atoms with Gasteiger partial charge in [0.05, 0.1) is 5.41 Å². The zero-order chi connectivity index (χ0) is 10.6. The summed E-state index contributed by atoms with van der Waals surface area (Å²) in [5.41, 5.74) is -0.0538. The van der Waals surface area contributed by atoms with Gasteiger partial charge >= 0.3 is 0 Å². The summed E-state index contributed by atoms with van der Waals surface area (Å²) in [6.45, 7) is 4.41. The van der Waals surface area contributed by atoms with E-state index in [-0.39, 0.29) is 11.3 Å². The SMILES string of the molecule is CC[C@@H](C)C1(C(=O)NC)CCCCC1. The molecule has 0 unspecified atom stereocenters. The highest BCUT2D eigenvalue weighted by Crippen LogP contribution is 2.43. The van der Waals surface area contributed by atoms with E-state index in [1.54, 1.807) is 7.05 Å². The van der Waals surface area contributed by atoms with Crippen LogP contribution in [0.25, 0.3) is 0 Å². The van der Waals surface area contributed by atoms with E-state index in [4.69, 9.17) is 0 Å². The van der Waals surface area contributed by atoms with Crippen molar-refractivity contribution < 1.29 is 4.79 Å². The van der Waals surface area contributed by atoms with Crippen molar-refractivity contribution in [3.63, 3.8) is 0 Å². The largest absolute Gasteiger partial charge is 0.359 e. The maximum absolute atomic E-state index is 12.0. The summed E-state index contributed by atoms with van der Waals surface area (Å²) < 4.78 is 0. The second kappa shape index (κ2) is 4.81. The van der Waals surface area contributed by atoms with E-state index in [0.717, 1.165) is 19.3 Å². The molecular weight excluding hydrogens is 174 g/mol. The first kappa shape index (κ1) is 11.5. The first-order chi connectivity index (χ1) is 6.67. The first-order valence-electron chi connectivity index (χ1n) is 5.89. The van der Waals surface area contributed by atoms with Gasteiger partial charge in [-0.15, -0.1) is 0 Å². The van der Waals surface area contributed by atoms with Gasteiger partial charge < -0.3 is 5.32 Å². The van der Waals surface area contributed by atoms with Gasteiger partial charge in [0, 0.05) is 7.05 Å². The fourth-order valence-corrected chi connectivity index (χ4v) is 2.77. The summed E-state index contributed by atoms with van der Waals surface area (Å²) in [5.74, 6) is 0.786. The lowest BCUT2D eigenvalue weighted by Crippen LogP contribution is -2.45. The highest BCUT2D eigenvalue weighted by molar-refractivity contribution is 5.82. The summed E-state index contributed by atoms with van der Waals surface area (Å²) >= 11 is 0. The molecule has 14 heavy (non-hydrogen) atoms. The molecule has 1 saturated carbocycles. The van der Waals surface area contributed by atoms with Crippen LogP contribution in [0.4, 0.5) is 0 Å². The molecule has 82 valence electrons. The van der Waals surface area contributed by atoms with E-state index >= 15 is 0 Å². The van der Waals surface area contributed by atoms with Gasteiger partial charge in [-0.1, -0.05) is 39.5 Å². The molecule has 0 bridgehead atoms. The van der Waals surface area contributed by atoms with Crippen molar-refractivity contribution >= 4 is 5.91 Å². The minimum Gasteiger partial charge on any atom is -0.359 e. The first-order valence-corrected chi connectivity index (χ1v) is 5.89. The standard InChI is InChI=1S/C12H23NO/c1-4-10(2)12(11(14)13-3)8-6-5-7-9-12/h10H,4-9H2,1-3H3,(H,13,14)/t10-/m1/s1. The third-order valence-corrected chi connectivity index (χ3v) is 3.98. The minimum atomic E-state index is -0.0538. The Balaban J connectivity index is 2.82. The molecule has 0 heterocycles. The molecule has 2 nitrogen and oxygen atoms in total. The van der Waals surface area contributed by atoms with Crippen molar-refractivity contribution in [3.05, 3.63) is 0 Å². The lowest BCUT2D eigenvalue weighted by Gasteiger charge is -2.40. The number of hydrogen-bond acceptors (Lipinski definition) is 1. The van der Waals surface area contributed by atoms with Crippen LogP contribution in [0, 0.1) is 11.3 Å². The van der Waals surface area contributed by atoms with Crippen molar-refractivity contribution in [1.82, 2.24) is 5.32 Å². The van der Waals surface area contributed by atoms with Crippen LogP contribution in [0.15, 0.2) is 0 Å². The third kappa shape index (κ3) is 1.94. The van der Waals surface area contributed by atoms with Crippen LogP contribution in [0.5, 0.6) is 0 Å². The Hall–Kier alpha value is -0.530. The average Bonchev–Trinajstić information content (AvgIpc) is 2.27. The minimum absolute atomic E-state index is 0.0538. The van der Waals surface area contributed by atoms with Crippen LogP contribution >= 0.6 is 0 Å². The summed E-state index contributed by atoms with van der Waals surface area (Å²) in [5, 5.41) is 2.85. The topological polar surface area (TPSA) is 29.1 Å². The van der Waals surface area contributed by atoms with Gasteiger partial charge in [-0.3, -0.25) is 4.79 Å². The Morgan fingerprint density at radius 3 is 2.36 bits per heavy atom. The second-order valence-electron chi connectivity index (χ2n) is 4.61. The molecule has 2 heteroatoms. The van der Waals surface area contributed by atoms with Crippen LogP contribution in [-0.2, 0) is 4.79 Å². The second-order valence-corrected chi connectivity index (χ2v) is 4.61. The molecule has 1 fully saturated rings. The zero-order valence-corrected chi connectivity index (χ0v) is 9.73. The molecule has 0 spiro atoms. The number of carbonyl (C=O) groups excluding carboxylic acids is 1. The summed E-state index contributed by atoms with van der Waals surface area (Å²) in [6.07, 6.45) is 7.02. The lowest BCUT2D eigenvalue weighted by atomic mass is 9.65. The Kier molecular flexibility index (Phi) is 3.97. The molecule has 1 atom stereocenters. The third-order valence-electron chi connectivity index (χ3n) is 3.98. The maximum Gasteiger partial charge on any atom is 0.226 e. The van der Waals surface area contributed by atoms with E-state index in [2.05, 4.69) is 19.2 Å². The normalized spacial score (nSPS) is 22.8. The van der Waals surface area contributed by atoms with Crippen molar-refractivity contribution in [2.24, 2.45) is 11.3 Å². The molecule has 1 aliphatic carbocycles. The van der Waals surface area contributed by atoms with Gasteiger partial charge in [0.2, 0.25) is 5.91 Å². The van der Waals surface area contributed by atoms with Gasteiger partial charge in [-0.05, 0) is 18.8 Å². The quantitative estimate of drug-likeness (QED) is 0.740. The molecule has 0 aliphatic heterocycles. The lowest BCUT2D eigenvalue weighted by molar-refractivity contribution is -0.136. The smallest absolute Gasteiger partial charge is 0.226 e. The number of hydrogen-bond donors (Lipinski definition) is 1. The fraction of sp³-hybridized carbons (Fsp3) is 0.917. The average molecular weight is 197 g/mol. The van der Waals surface area contributed by atoms with E-state index in [0.29, 0.717) is 5.92 Å². The summed E-state index contributed by atoms with van der Waals surface area (Å²) in [4.78, 5) is 12.0. The van der Waals surface area contributed by atoms with Gasteiger partial charge in [0.15, 0.2) is 0 Å². The summed E-state index contributed by atoms with van der Waals surface area (Å²) in [7, 11) is 1.76. The van der Waals surface area contributed by atoms with Gasteiger partial charge in [0.25, 0.3) is 0 Å². The molecule has 1 rings (SSSR count). The number of carbonyl (C=O) groups is 1. The van der Waals surface area contributed by atoms with Crippen LogP contribution < -0.4 is 5.32 Å². The van der Waals surface area contributed by atoms with Crippen LogP contribution in [0.3, 0.4) is 0 Å². The van der Waals surface area contributed by atoms with E-state index in [1.165, 1.54) is 19.3 Å². The van der Waals surface area contributed by atoms with Crippen LogP contribution in [-0.4, -0.2) is 13.0 Å². The van der Waals surface area contributed by atoms with E-state index in [9.17, 15) is 4.79 Å². The van der Waals surface area contributed by atoms with E-state index < -0.39 is 0 Å². The highest BCUT2D eigenvalue weighted by Gasteiger charge is 2.42. The van der Waals surface area contributed by atoms with Gasteiger partial charge in [-0.25, -0.2) is 0 Å². The van der Waals surface area contributed by atoms with Gasteiger partial charge in [-0.2, -0.15) is 0 Å². The molecule has 1 amide bonds. The Morgan fingerprint density at radius 2 is 1.93 bits per heavy atom. The van der Waals surface area contributed by atoms with E-state index in [1.807, 2.05) is 0 Å². The molecule has 1 N–H and O–H groups in total. The van der Waals surface area contributed by atoms with Crippen LogP contribution in [0.1, 0.15) is 52.4 Å². The molecule has 0 radical (unpaired) electrons. The van der Waals surface area contributed by atoms with Crippen molar-refractivity contribution in [2.75, 3.05) is 7.05 Å². The van der Waals surface area contributed by atoms with Crippen molar-refractivity contribution in [1.29, 1.82) is 0 Å². The Morgan fingerprint density at radius 1 is 1.36 bits per heavy atom. The Bertz CT molecular complexity index is 194. The molecule has 0 aromatic heterocycles. The molecule has 0 saturated heterocycles. The molecule has 0 aromatic carbocycles. The predicted octanol–water partition coefficient (Wildman–Crippen LogP) is 2.73. The summed E-state index contributed by atoms with van der Waals surface area (Å²) in [6, 6.07) is 0. The van der Waals surface area contributed by atoms with Gasteiger partial charge in [0.1, 0.15) is 0 Å². The number of nitrogens with one attached hydrogen (secondary N) is 1. The predicted molar refractivity (Wildman–Crippen MR) is 59.0 cm³/mol. The maximum atomic E-state index is 12.0. The molecule has 0 aromatic rings. The number of amides is 1. The Labute approximate surface area is 87.5 Å². The van der Waals surface area contributed by atoms with Crippen molar-refractivity contribution in [2.45, 2.75) is 52.4 Å². The zero-order valence-electron chi connectivity index (χ0n) is 9.73. The van der Waals surface area contributed by atoms with Crippen molar-refractivity contribution in [3.8, 4) is 0 Å². The fourth-order valence-electron chi connectivity index (χ4n) is 2.77. The molecular formula is C12H23NO. The van der Waals surface area contributed by atoms with Crippen LogP contribution in [0.2, 0.25) is 0 Å². The number of rotatable bonds is 3. The monoisotopic (exact) mass is 197 g/mol. The highest BCUT2D eigenvalue weighted by atomic mass is 16.2. The molecule has 1 aliphatic rings.